The molecule has 0 spiro atoms. The SMILES string of the molecule is CC(CCN(C)C)NC(=O)N1CCCC(C)(C(=O)O)C1. The first-order valence-corrected chi connectivity index (χ1v) is 7.18. The van der Waals surface area contributed by atoms with Gasteiger partial charge < -0.3 is 20.2 Å². The highest BCUT2D eigenvalue weighted by Gasteiger charge is 2.39. The summed E-state index contributed by atoms with van der Waals surface area (Å²) < 4.78 is 0. The number of carbonyl (C=O) groups excluding carboxylic acids is 1. The van der Waals surface area contributed by atoms with Gasteiger partial charge in [0, 0.05) is 19.1 Å². The highest BCUT2D eigenvalue weighted by Crippen LogP contribution is 2.29. The van der Waals surface area contributed by atoms with Crippen molar-refractivity contribution in [3.63, 3.8) is 0 Å². The number of piperidine rings is 1. The fourth-order valence-electron chi connectivity index (χ4n) is 2.41. The van der Waals surface area contributed by atoms with Gasteiger partial charge in [0.05, 0.1) is 5.41 Å². The van der Waals surface area contributed by atoms with Crippen LogP contribution in [0.25, 0.3) is 0 Å². The molecule has 0 aromatic rings. The van der Waals surface area contributed by atoms with E-state index >= 15 is 0 Å². The molecular weight excluding hydrogens is 258 g/mol. The molecule has 6 nitrogen and oxygen atoms in total. The van der Waals surface area contributed by atoms with Crippen molar-refractivity contribution in [3.8, 4) is 0 Å². The Labute approximate surface area is 121 Å². The molecule has 1 heterocycles. The fraction of sp³-hybridized carbons (Fsp3) is 0.857. The van der Waals surface area contributed by atoms with Gasteiger partial charge in [-0.2, -0.15) is 0 Å². The van der Waals surface area contributed by atoms with E-state index < -0.39 is 11.4 Å². The van der Waals surface area contributed by atoms with Crippen LogP contribution in [0.2, 0.25) is 0 Å². The Morgan fingerprint density at radius 2 is 2.10 bits per heavy atom. The predicted molar refractivity (Wildman–Crippen MR) is 77.7 cm³/mol. The Kier molecular flexibility index (Phi) is 5.80. The number of amides is 2. The number of hydrogen-bond donors (Lipinski definition) is 2. The molecule has 0 saturated carbocycles. The van der Waals surface area contributed by atoms with Crippen LogP contribution in [0, 0.1) is 5.41 Å². The van der Waals surface area contributed by atoms with Crippen molar-refractivity contribution in [2.45, 2.75) is 39.2 Å². The molecular formula is C14H27N3O3. The first-order chi connectivity index (χ1) is 9.24. The summed E-state index contributed by atoms with van der Waals surface area (Å²) in [7, 11) is 3.99. The molecule has 1 fully saturated rings. The predicted octanol–water partition coefficient (Wildman–Crippen LogP) is 1.22. The summed E-state index contributed by atoms with van der Waals surface area (Å²) in [5.41, 5.74) is -0.817. The van der Waals surface area contributed by atoms with Gasteiger partial charge in [0.25, 0.3) is 0 Å². The standard InChI is InChI=1S/C14H27N3O3/c1-11(6-9-16(3)4)15-13(20)17-8-5-7-14(2,10-17)12(18)19/h11H,5-10H2,1-4H3,(H,15,20)(H,18,19). The summed E-state index contributed by atoms with van der Waals surface area (Å²) >= 11 is 0. The summed E-state index contributed by atoms with van der Waals surface area (Å²) in [6, 6.07) is -0.0636. The molecule has 20 heavy (non-hydrogen) atoms. The van der Waals surface area contributed by atoms with E-state index in [2.05, 4.69) is 10.2 Å². The van der Waals surface area contributed by atoms with Crippen LogP contribution in [-0.4, -0.2) is 66.7 Å². The van der Waals surface area contributed by atoms with E-state index in [0.717, 1.165) is 19.4 Å². The molecule has 0 aromatic carbocycles. The van der Waals surface area contributed by atoms with Crippen LogP contribution in [0.15, 0.2) is 0 Å². The molecule has 1 rings (SSSR count). The van der Waals surface area contributed by atoms with E-state index in [4.69, 9.17) is 0 Å². The molecule has 1 aliphatic rings. The second kappa shape index (κ2) is 6.92. The van der Waals surface area contributed by atoms with Gasteiger partial charge in [0.1, 0.15) is 0 Å². The zero-order chi connectivity index (χ0) is 15.3. The minimum Gasteiger partial charge on any atom is -0.481 e. The normalized spacial score (nSPS) is 24.6. The summed E-state index contributed by atoms with van der Waals surface area (Å²) in [6.45, 7) is 5.52. The average molecular weight is 285 g/mol. The highest BCUT2D eigenvalue weighted by atomic mass is 16.4. The summed E-state index contributed by atoms with van der Waals surface area (Å²) in [5, 5.41) is 12.2. The molecule has 2 atom stereocenters. The number of carboxylic acid groups (broad SMARTS) is 1. The third kappa shape index (κ3) is 4.67. The highest BCUT2D eigenvalue weighted by molar-refractivity contribution is 5.78. The van der Waals surface area contributed by atoms with Crippen molar-refractivity contribution in [1.29, 1.82) is 0 Å². The maximum atomic E-state index is 12.2. The number of likely N-dealkylation sites (tertiary alicyclic amines) is 1. The van der Waals surface area contributed by atoms with Gasteiger partial charge >= 0.3 is 12.0 Å². The van der Waals surface area contributed by atoms with E-state index in [1.165, 1.54) is 0 Å². The van der Waals surface area contributed by atoms with Gasteiger partial charge in [-0.3, -0.25) is 4.79 Å². The van der Waals surface area contributed by atoms with Crippen LogP contribution < -0.4 is 5.32 Å². The molecule has 2 unspecified atom stereocenters. The average Bonchev–Trinajstić information content (AvgIpc) is 2.36. The molecule has 0 aromatic heterocycles. The molecule has 0 bridgehead atoms. The molecule has 2 amide bonds. The molecule has 116 valence electrons. The second-order valence-electron chi connectivity index (χ2n) is 6.33. The first-order valence-electron chi connectivity index (χ1n) is 7.18. The Morgan fingerprint density at radius 1 is 1.45 bits per heavy atom. The number of urea groups is 1. The zero-order valence-corrected chi connectivity index (χ0v) is 13.0. The van der Waals surface area contributed by atoms with Gasteiger partial charge in [-0.05, 0) is 53.8 Å². The van der Waals surface area contributed by atoms with E-state index in [0.29, 0.717) is 13.0 Å². The number of rotatable bonds is 5. The number of nitrogens with one attached hydrogen (secondary N) is 1. The molecule has 0 radical (unpaired) electrons. The van der Waals surface area contributed by atoms with Crippen LogP contribution in [0.1, 0.15) is 33.1 Å². The molecule has 1 aliphatic heterocycles. The summed E-state index contributed by atoms with van der Waals surface area (Å²) in [5.74, 6) is -0.823. The minimum atomic E-state index is -0.823. The van der Waals surface area contributed by atoms with Gasteiger partial charge in [-0.25, -0.2) is 4.79 Å². The Bertz CT molecular complexity index is 360. The lowest BCUT2D eigenvalue weighted by molar-refractivity contribution is -0.150. The van der Waals surface area contributed by atoms with Gasteiger partial charge in [-0.1, -0.05) is 0 Å². The minimum absolute atomic E-state index is 0.0860. The van der Waals surface area contributed by atoms with Crippen LogP contribution in [0.5, 0.6) is 0 Å². The molecule has 0 aliphatic carbocycles. The number of carboxylic acids is 1. The number of nitrogens with zero attached hydrogens (tertiary/aromatic N) is 2. The van der Waals surface area contributed by atoms with Crippen LogP contribution in [-0.2, 0) is 4.79 Å². The quantitative estimate of drug-likeness (QED) is 0.796. The van der Waals surface area contributed by atoms with Crippen LogP contribution >= 0.6 is 0 Å². The lowest BCUT2D eigenvalue weighted by Crippen LogP contribution is -2.53. The zero-order valence-electron chi connectivity index (χ0n) is 13.0. The summed E-state index contributed by atoms with van der Waals surface area (Å²) in [4.78, 5) is 27.2. The lowest BCUT2D eigenvalue weighted by atomic mass is 9.82. The number of aliphatic carboxylic acids is 1. The Balaban J connectivity index is 2.49. The molecule has 6 heteroatoms. The second-order valence-corrected chi connectivity index (χ2v) is 6.33. The van der Waals surface area contributed by atoms with E-state index in [1.54, 1.807) is 11.8 Å². The van der Waals surface area contributed by atoms with E-state index in [1.807, 2.05) is 21.0 Å². The molecule has 2 N–H and O–H groups in total. The Morgan fingerprint density at radius 3 is 2.65 bits per heavy atom. The number of hydrogen-bond acceptors (Lipinski definition) is 3. The lowest BCUT2D eigenvalue weighted by Gasteiger charge is -2.38. The van der Waals surface area contributed by atoms with Crippen molar-refractivity contribution in [2.24, 2.45) is 5.41 Å². The van der Waals surface area contributed by atoms with Crippen LogP contribution in [0.4, 0.5) is 4.79 Å². The Hall–Kier alpha value is -1.30. The van der Waals surface area contributed by atoms with Crippen molar-refractivity contribution >= 4 is 12.0 Å². The largest absolute Gasteiger partial charge is 0.481 e. The monoisotopic (exact) mass is 285 g/mol. The topological polar surface area (TPSA) is 72.9 Å². The fourth-order valence-corrected chi connectivity index (χ4v) is 2.41. The van der Waals surface area contributed by atoms with Crippen molar-refractivity contribution in [3.05, 3.63) is 0 Å². The van der Waals surface area contributed by atoms with Crippen molar-refractivity contribution in [1.82, 2.24) is 15.1 Å². The van der Waals surface area contributed by atoms with Crippen molar-refractivity contribution in [2.75, 3.05) is 33.7 Å². The molecule has 1 saturated heterocycles. The van der Waals surface area contributed by atoms with Crippen molar-refractivity contribution < 1.29 is 14.7 Å². The maximum absolute atomic E-state index is 12.2. The first kappa shape index (κ1) is 16.8. The number of carbonyl (C=O) groups is 2. The third-order valence-electron chi connectivity index (χ3n) is 3.88. The maximum Gasteiger partial charge on any atom is 0.317 e. The van der Waals surface area contributed by atoms with Gasteiger partial charge in [0.2, 0.25) is 0 Å². The summed E-state index contributed by atoms with van der Waals surface area (Å²) in [6.07, 6.45) is 2.24. The smallest absolute Gasteiger partial charge is 0.317 e. The van der Waals surface area contributed by atoms with Gasteiger partial charge in [-0.15, -0.1) is 0 Å². The van der Waals surface area contributed by atoms with Gasteiger partial charge in [0.15, 0.2) is 0 Å². The van der Waals surface area contributed by atoms with E-state index in [9.17, 15) is 14.7 Å². The van der Waals surface area contributed by atoms with E-state index in [-0.39, 0.29) is 18.6 Å². The third-order valence-corrected chi connectivity index (χ3v) is 3.88. The van der Waals surface area contributed by atoms with Crippen LogP contribution in [0.3, 0.4) is 0 Å².